The van der Waals surface area contributed by atoms with Gasteiger partial charge in [0, 0.05) is 38.3 Å². The zero-order valence-corrected chi connectivity index (χ0v) is 11.9. The van der Waals surface area contributed by atoms with Gasteiger partial charge in [0.2, 0.25) is 0 Å². The molecule has 0 radical (unpaired) electrons. The summed E-state index contributed by atoms with van der Waals surface area (Å²) in [4.78, 5) is 2.45. The first-order chi connectivity index (χ1) is 9.33. The van der Waals surface area contributed by atoms with E-state index in [4.69, 9.17) is 9.47 Å². The van der Waals surface area contributed by atoms with E-state index in [1.54, 1.807) is 0 Å². The average molecular weight is 264 g/mol. The summed E-state index contributed by atoms with van der Waals surface area (Å²) in [5.74, 6) is 1.90. The van der Waals surface area contributed by atoms with Gasteiger partial charge in [0.1, 0.15) is 11.5 Å². The molecule has 106 valence electrons. The molecule has 0 aliphatic carbocycles. The number of hydrogen-bond acceptors (Lipinski definition) is 4. The minimum atomic E-state index is 0.695. The maximum atomic E-state index is 5.71. The first-order valence-corrected chi connectivity index (χ1v) is 7.15. The predicted octanol–water partition coefficient (Wildman–Crippen LogP) is 1.89. The van der Waals surface area contributed by atoms with Gasteiger partial charge in [0.25, 0.3) is 0 Å². The van der Waals surface area contributed by atoms with Crippen LogP contribution in [0.3, 0.4) is 0 Å². The summed E-state index contributed by atoms with van der Waals surface area (Å²) in [6.45, 7) is 10.7. The molecular formula is C15H24N2O2. The Hall–Kier alpha value is -1.26. The lowest BCUT2D eigenvalue weighted by molar-refractivity contribution is 0.227. The van der Waals surface area contributed by atoms with Crippen LogP contribution in [0.4, 0.5) is 0 Å². The monoisotopic (exact) mass is 264 g/mol. The van der Waals surface area contributed by atoms with E-state index in [1.165, 1.54) is 5.56 Å². The number of nitrogens with one attached hydrogen (secondary N) is 1. The molecule has 0 aromatic heterocycles. The molecular weight excluding hydrogens is 240 g/mol. The van der Waals surface area contributed by atoms with Gasteiger partial charge in [-0.25, -0.2) is 0 Å². The number of piperazine rings is 1. The molecule has 1 aromatic rings. The molecule has 0 spiro atoms. The topological polar surface area (TPSA) is 33.7 Å². The van der Waals surface area contributed by atoms with Crippen LogP contribution in [0.2, 0.25) is 0 Å². The smallest absolute Gasteiger partial charge is 0.124 e. The highest BCUT2D eigenvalue weighted by Gasteiger charge is 2.13. The van der Waals surface area contributed by atoms with E-state index < -0.39 is 0 Å². The van der Waals surface area contributed by atoms with E-state index in [-0.39, 0.29) is 0 Å². The molecule has 1 aliphatic heterocycles. The van der Waals surface area contributed by atoms with Crippen LogP contribution in [-0.2, 0) is 6.54 Å². The third kappa shape index (κ3) is 4.11. The van der Waals surface area contributed by atoms with Gasteiger partial charge in [0.15, 0.2) is 0 Å². The Kier molecular flexibility index (Phi) is 5.48. The van der Waals surface area contributed by atoms with E-state index in [0.717, 1.165) is 44.2 Å². The second kappa shape index (κ2) is 7.36. The fraction of sp³-hybridized carbons (Fsp3) is 0.600. The van der Waals surface area contributed by atoms with Crippen molar-refractivity contribution >= 4 is 0 Å². The predicted molar refractivity (Wildman–Crippen MR) is 76.9 cm³/mol. The molecule has 2 rings (SSSR count). The van der Waals surface area contributed by atoms with Gasteiger partial charge in [-0.1, -0.05) is 0 Å². The van der Waals surface area contributed by atoms with Gasteiger partial charge in [0.05, 0.1) is 13.2 Å². The summed E-state index contributed by atoms with van der Waals surface area (Å²) in [6, 6.07) is 6.11. The van der Waals surface area contributed by atoms with Crippen molar-refractivity contribution in [3.8, 4) is 11.5 Å². The van der Waals surface area contributed by atoms with Crippen LogP contribution in [0.25, 0.3) is 0 Å². The van der Waals surface area contributed by atoms with Crippen molar-refractivity contribution in [2.24, 2.45) is 0 Å². The van der Waals surface area contributed by atoms with Gasteiger partial charge >= 0.3 is 0 Å². The lowest BCUT2D eigenvalue weighted by atomic mass is 10.1. The Morgan fingerprint density at radius 2 is 1.84 bits per heavy atom. The number of benzene rings is 1. The van der Waals surface area contributed by atoms with E-state index in [0.29, 0.717) is 13.2 Å². The molecule has 1 saturated heterocycles. The molecule has 1 aromatic carbocycles. The van der Waals surface area contributed by atoms with E-state index >= 15 is 0 Å². The minimum Gasteiger partial charge on any atom is -0.494 e. The molecule has 0 amide bonds. The summed E-state index contributed by atoms with van der Waals surface area (Å²) >= 11 is 0. The summed E-state index contributed by atoms with van der Waals surface area (Å²) in [7, 11) is 0. The average Bonchev–Trinajstić information content (AvgIpc) is 2.43. The Labute approximate surface area is 115 Å². The number of ether oxygens (including phenoxy) is 2. The van der Waals surface area contributed by atoms with Crippen molar-refractivity contribution in [2.75, 3.05) is 39.4 Å². The standard InChI is InChI=1S/C15H24N2O2/c1-3-18-14-5-6-15(19-4-2)13(11-14)12-17-9-7-16-8-10-17/h5-6,11,16H,3-4,7-10,12H2,1-2H3. The van der Waals surface area contributed by atoms with Crippen molar-refractivity contribution in [1.82, 2.24) is 10.2 Å². The zero-order valence-electron chi connectivity index (χ0n) is 11.9. The largest absolute Gasteiger partial charge is 0.494 e. The molecule has 1 heterocycles. The Morgan fingerprint density at radius 3 is 2.53 bits per heavy atom. The Bertz CT molecular complexity index is 390. The summed E-state index contributed by atoms with van der Waals surface area (Å²) < 4.78 is 11.3. The number of hydrogen-bond donors (Lipinski definition) is 1. The van der Waals surface area contributed by atoms with E-state index in [9.17, 15) is 0 Å². The van der Waals surface area contributed by atoms with Crippen LogP contribution in [0.5, 0.6) is 11.5 Å². The van der Waals surface area contributed by atoms with E-state index in [2.05, 4.69) is 16.3 Å². The third-order valence-electron chi connectivity index (χ3n) is 3.25. The molecule has 4 heteroatoms. The summed E-state index contributed by atoms with van der Waals surface area (Å²) in [5, 5.41) is 3.37. The molecule has 0 unspecified atom stereocenters. The van der Waals surface area contributed by atoms with Crippen molar-refractivity contribution in [3.05, 3.63) is 23.8 Å². The molecule has 1 fully saturated rings. The molecule has 1 aliphatic rings. The highest BCUT2D eigenvalue weighted by Crippen LogP contribution is 2.26. The van der Waals surface area contributed by atoms with Crippen molar-refractivity contribution in [1.29, 1.82) is 0 Å². The van der Waals surface area contributed by atoms with Crippen LogP contribution >= 0.6 is 0 Å². The van der Waals surface area contributed by atoms with E-state index in [1.807, 2.05) is 26.0 Å². The second-order valence-electron chi connectivity index (χ2n) is 4.66. The van der Waals surface area contributed by atoms with Crippen LogP contribution in [-0.4, -0.2) is 44.3 Å². The van der Waals surface area contributed by atoms with Gasteiger partial charge in [-0.05, 0) is 32.0 Å². The van der Waals surface area contributed by atoms with Gasteiger partial charge in [-0.15, -0.1) is 0 Å². The van der Waals surface area contributed by atoms with Gasteiger partial charge in [-0.3, -0.25) is 4.90 Å². The Balaban J connectivity index is 2.11. The first-order valence-electron chi connectivity index (χ1n) is 7.15. The second-order valence-corrected chi connectivity index (χ2v) is 4.66. The van der Waals surface area contributed by atoms with Crippen molar-refractivity contribution in [2.45, 2.75) is 20.4 Å². The highest BCUT2D eigenvalue weighted by molar-refractivity contribution is 5.40. The zero-order chi connectivity index (χ0) is 13.5. The normalized spacial score (nSPS) is 16.3. The number of rotatable bonds is 6. The molecule has 0 saturated carbocycles. The van der Waals surface area contributed by atoms with Crippen molar-refractivity contribution in [3.63, 3.8) is 0 Å². The quantitative estimate of drug-likeness (QED) is 0.851. The summed E-state index contributed by atoms with van der Waals surface area (Å²) in [5.41, 5.74) is 1.22. The first kappa shape index (κ1) is 14.2. The SMILES string of the molecule is CCOc1ccc(OCC)c(CN2CCNCC2)c1. The lowest BCUT2D eigenvalue weighted by Gasteiger charge is -2.28. The molecule has 0 bridgehead atoms. The maximum Gasteiger partial charge on any atom is 0.124 e. The fourth-order valence-corrected chi connectivity index (χ4v) is 2.34. The number of nitrogens with zero attached hydrogens (tertiary/aromatic N) is 1. The molecule has 4 nitrogen and oxygen atoms in total. The molecule has 1 N–H and O–H groups in total. The van der Waals surface area contributed by atoms with Gasteiger partial charge < -0.3 is 14.8 Å². The van der Waals surface area contributed by atoms with Crippen LogP contribution in [0, 0.1) is 0 Å². The van der Waals surface area contributed by atoms with Gasteiger partial charge in [-0.2, -0.15) is 0 Å². The highest BCUT2D eigenvalue weighted by atomic mass is 16.5. The molecule has 0 atom stereocenters. The maximum absolute atomic E-state index is 5.71. The lowest BCUT2D eigenvalue weighted by Crippen LogP contribution is -2.42. The Morgan fingerprint density at radius 1 is 1.11 bits per heavy atom. The molecule has 19 heavy (non-hydrogen) atoms. The van der Waals surface area contributed by atoms with Crippen molar-refractivity contribution < 1.29 is 9.47 Å². The van der Waals surface area contributed by atoms with Crippen LogP contribution in [0.15, 0.2) is 18.2 Å². The minimum absolute atomic E-state index is 0.695. The van der Waals surface area contributed by atoms with Crippen LogP contribution < -0.4 is 14.8 Å². The third-order valence-corrected chi connectivity index (χ3v) is 3.25. The fourth-order valence-electron chi connectivity index (χ4n) is 2.34. The summed E-state index contributed by atoms with van der Waals surface area (Å²) in [6.07, 6.45) is 0. The van der Waals surface area contributed by atoms with Crippen LogP contribution in [0.1, 0.15) is 19.4 Å².